The summed E-state index contributed by atoms with van der Waals surface area (Å²) in [5.74, 6) is -3.82. The highest BCUT2D eigenvalue weighted by Crippen LogP contribution is 2.41. The monoisotopic (exact) mass is 548 g/mol. The van der Waals surface area contributed by atoms with Crippen LogP contribution in [0.3, 0.4) is 0 Å². The number of rotatable bonds is 9. The van der Waals surface area contributed by atoms with Crippen molar-refractivity contribution in [3.8, 4) is 16.9 Å². The minimum absolute atomic E-state index is 0.202. The largest absolute Gasteiger partial charge is 0.426 e. The van der Waals surface area contributed by atoms with E-state index in [0.717, 1.165) is 82.2 Å². The van der Waals surface area contributed by atoms with E-state index in [0.29, 0.717) is 30.8 Å². The maximum absolute atomic E-state index is 14.9. The predicted octanol–water partition coefficient (Wildman–Crippen LogP) is 8.07. The van der Waals surface area contributed by atoms with Crippen molar-refractivity contribution >= 4 is 5.97 Å². The van der Waals surface area contributed by atoms with Crippen LogP contribution in [0.25, 0.3) is 11.1 Å². The van der Waals surface area contributed by atoms with Crippen LogP contribution in [0.5, 0.6) is 5.75 Å². The SMILES string of the molecule is CCCCOC1CCC(C2CCC(C(=O)Oc3cc(F)c(-c4cc(F)c(C5CO5)c(F)c4)c(F)c3)CC2)CC1. The van der Waals surface area contributed by atoms with Crippen molar-refractivity contribution < 1.29 is 36.6 Å². The normalized spacial score (nSPS) is 26.8. The summed E-state index contributed by atoms with van der Waals surface area (Å²) in [6.45, 7) is 3.21. The van der Waals surface area contributed by atoms with E-state index < -0.39 is 40.9 Å². The second kappa shape index (κ2) is 12.4. The molecule has 1 saturated heterocycles. The molecule has 1 heterocycles. The number of carbonyl (C=O) groups excluding carboxylic acids is 1. The van der Waals surface area contributed by atoms with Gasteiger partial charge in [0.1, 0.15) is 35.1 Å². The van der Waals surface area contributed by atoms with Gasteiger partial charge in [0.15, 0.2) is 0 Å². The average Bonchev–Trinajstić information content (AvgIpc) is 3.74. The van der Waals surface area contributed by atoms with E-state index in [4.69, 9.17) is 14.2 Å². The zero-order valence-corrected chi connectivity index (χ0v) is 22.3. The van der Waals surface area contributed by atoms with E-state index in [2.05, 4.69) is 6.92 Å². The first-order chi connectivity index (χ1) is 18.8. The number of epoxide rings is 1. The molecular weight excluding hydrogens is 512 g/mol. The van der Waals surface area contributed by atoms with E-state index >= 15 is 0 Å². The van der Waals surface area contributed by atoms with Crippen LogP contribution in [-0.2, 0) is 14.3 Å². The van der Waals surface area contributed by atoms with Crippen molar-refractivity contribution in [2.24, 2.45) is 17.8 Å². The Hall–Kier alpha value is -2.45. The zero-order valence-electron chi connectivity index (χ0n) is 22.3. The van der Waals surface area contributed by atoms with Gasteiger partial charge in [-0.3, -0.25) is 4.79 Å². The summed E-state index contributed by atoms with van der Waals surface area (Å²) in [6.07, 6.45) is 9.72. The third-order valence-electron chi connectivity index (χ3n) is 8.60. The van der Waals surface area contributed by atoms with E-state index in [1.165, 1.54) is 0 Å². The number of carbonyl (C=O) groups is 1. The van der Waals surface area contributed by atoms with Gasteiger partial charge in [-0.1, -0.05) is 13.3 Å². The molecule has 3 fully saturated rings. The van der Waals surface area contributed by atoms with E-state index in [1.54, 1.807) is 0 Å². The highest BCUT2D eigenvalue weighted by atomic mass is 19.1. The van der Waals surface area contributed by atoms with Crippen molar-refractivity contribution in [3.63, 3.8) is 0 Å². The Labute approximate surface area is 227 Å². The van der Waals surface area contributed by atoms with Crippen LogP contribution in [-0.4, -0.2) is 25.3 Å². The van der Waals surface area contributed by atoms with Gasteiger partial charge in [0.05, 0.1) is 29.8 Å². The zero-order chi connectivity index (χ0) is 27.5. The summed E-state index contributed by atoms with van der Waals surface area (Å²) in [7, 11) is 0. The standard InChI is InChI=1S/C31H36F4O4/c1-2-3-12-37-22-10-8-19(9-11-22)18-4-6-20(7-5-18)31(36)39-23-15-26(34)29(27(35)16-23)21-13-24(32)30(25(33)14-21)28-17-38-28/h13-16,18-20,22,28H,2-12,17H2,1H3. The van der Waals surface area contributed by atoms with Crippen molar-refractivity contribution in [1.82, 2.24) is 0 Å². The number of halogens is 4. The van der Waals surface area contributed by atoms with E-state index in [1.807, 2.05) is 0 Å². The Morgan fingerprint density at radius 2 is 1.41 bits per heavy atom. The summed E-state index contributed by atoms with van der Waals surface area (Å²) in [6, 6.07) is 3.54. The van der Waals surface area contributed by atoms with Gasteiger partial charge in [-0.25, -0.2) is 17.6 Å². The van der Waals surface area contributed by atoms with Gasteiger partial charge in [0.25, 0.3) is 0 Å². The summed E-state index contributed by atoms with van der Waals surface area (Å²) in [5, 5.41) is 0. The van der Waals surface area contributed by atoms with Crippen LogP contribution in [0.2, 0.25) is 0 Å². The molecule has 2 aromatic carbocycles. The fourth-order valence-corrected chi connectivity index (χ4v) is 6.28. The van der Waals surface area contributed by atoms with E-state index in [9.17, 15) is 22.4 Å². The van der Waals surface area contributed by atoms with Gasteiger partial charge in [0.2, 0.25) is 0 Å². The predicted molar refractivity (Wildman–Crippen MR) is 138 cm³/mol. The highest BCUT2D eigenvalue weighted by molar-refractivity contribution is 5.76. The van der Waals surface area contributed by atoms with E-state index in [-0.39, 0.29) is 29.4 Å². The molecule has 39 heavy (non-hydrogen) atoms. The van der Waals surface area contributed by atoms with Crippen molar-refractivity contribution in [3.05, 3.63) is 53.1 Å². The first-order valence-electron chi connectivity index (χ1n) is 14.3. The number of ether oxygens (including phenoxy) is 3. The number of benzene rings is 2. The van der Waals surface area contributed by atoms with Crippen LogP contribution in [0.1, 0.15) is 82.8 Å². The Morgan fingerprint density at radius 3 is 1.95 bits per heavy atom. The van der Waals surface area contributed by atoms with Gasteiger partial charge >= 0.3 is 5.97 Å². The molecule has 0 bridgehead atoms. The molecule has 0 N–H and O–H groups in total. The fraction of sp³-hybridized carbons (Fsp3) is 0.581. The molecule has 8 heteroatoms. The van der Waals surface area contributed by atoms with Crippen LogP contribution in [0.15, 0.2) is 24.3 Å². The second-order valence-corrected chi connectivity index (χ2v) is 11.2. The molecule has 2 saturated carbocycles. The quantitative estimate of drug-likeness (QED) is 0.105. The van der Waals surface area contributed by atoms with Crippen molar-refractivity contribution in [1.29, 1.82) is 0 Å². The Balaban J connectivity index is 1.15. The molecule has 0 aromatic heterocycles. The number of hydrogen-bond acceptors (Lipinski definition) is 4. The maximum atomic E-state index is 14.9. The smallest absolute Gasteiger partial charge is 0.314 e. The summed E-state index contributed by atoms with van der Waals surface area (Å²) >= 11 is 0. The summed E-state index contributed by atoms with van der Waals surface area (Å²) in [5.41, 5.74) is -1.10. The molecule has 1 atom stereocenters. The Kier molecular flexibility index (Phi) is 8.92. The Bertz CT molecular complexity index is 1120. The lowest BCUT2D eigenvalue weighted by Crippen LogP contribution is -2.31. The van der Waals surface area contributed by atoms with Crippen molar-refractivity contribution in [2.45, 2.75) is 83.3 Å². The topological polar surface area (TPSA) is 48.1 Å². The van der Waals surface area contributed by atoms with Crippen molar-refractivity contribution in [2.75, 3.05) is 13.2 Å². The first-order valence-corrected chi connectivity index (χ1v) is 14.3. The van der Waals surface area contributed by atoms with Crippen LogP contribution < -0.4 is 4.74 Å². The highest BCUT2D eigenvalue weighted by Gasteiger charge is 2.35. The first kappa shape index (κ1) is 28.1. The molecule has 0 amide bonds. The van der Waals surface area contributed by atoms with Crippen LogP contribution >= 0.6 is 0 Å². The molecule has 1 unspecified atom stereocenters. The molecule has 5 rings (SSSR count). The number of hydrogen-bond donors (Lipinski definition) is 0. The van der Waals surface area contributed by atoms with Crippen LogP contribution in [0.4, 0.5) is 17.6 Å². The average molecular weight is 549 g/mol. The lowest BCUT2D eigenvalue weighted by atomic mass is 9.70. The number of esters is 1. The van der Waals surface area contributed by atoms with Crippen LogP contribution in [0, 0.1) is 41.0 Å². The maximum Gasteiger partial charge on any atom is 0.314 e. The lowest BCUT2D eigenvalue weighted by molar-refractivity contribution is -0.140. The van der Waals surface area contributed by atoms with Gasteiger partial charge in [-0.15, -0.1) is 0 Å². The fourth-order valence-electron chi connectivity index (χ4n) is 6.28. The lowest BCUT2D eigenvalue weighted by Gasteiger charge is -2.37. The molecular formula is C31H36F4O4. The Morgan fingerprint density at radius 1 is 0.846 bits per heavy atom. The molecule has 4 nitrogen and oxygen atoms in total. The molecule has 0 radical (unpaired) electrons. The summed E-state index contributed by atoms with van der Waals surface area (Å²) in [4.78, 5) is 12.8. The second-order valence-electron chi connectivity index (χ2n) is 11.2. The summed E-state index contributed by atoms with van der Waals surface area (Å²) < 4.78 is 74.8. The van der Waals surface area contributed by atoms with Gasteiger partial charge in [-0.2, -0.15) is 0 Å². The third-order valence-corrected chi connectivity index (χ3v) is 8.60. The minimum atomic E-state index is -1.06. The molecule has 2 aliphatic carbocycles. The third kappa shape index (κ3) is 6.65. The molecule has 212 valence electrons. The molecule has 0 spiro atoms. The molecule has 1 aliphatic heterocycles. The molecule has 3 aliphatic rings. The van der Waals surface area contributed by atoms with Gasteiger partial charge in [-0.05, 0) is 87.3 Å². The number of unbranched alkanes of at least 4 members (excludes halogenated alkanes) is 1. The van der Waals surface area contributed by atoms with Gasteiger partial charge < -0.3 is 14.2 Å². The minimum Gasteiger partial charge on any atom is -0.426 e. The molecule has 2 aromatic rings. The van der Waals surface area contributed by atoms with Gasteiger partial charge in [0, 0.05) is 18.7 Å².